The van der Waals surface area contributed by atoms with Crippen LogP contribution in [-0.4, -0.2) is 26.0 Å². The van der Waals surface area contributed by atoms with Gasteiger partial charge in [-0.25, -0.2) is 4.79 Å². The molecule has 20 heavy (non-hydrogen) atoms. The van der Waals surface area contributed by atoms with E-state index in [4.69, 9.17) is 16.7 Å². The molecule has 1 aromatic carbocycles. The molecule has 1 aliphatic rings. The molecule has 102 valence electrons. The fourth-order valence-corrected chi connectivity index (χ4v) is 2.81. The lowest BCUT2D eigenvalue weighted by Crippen LogP contribution is -2.00. The van der Waals surface area contributed by atoms with Crippen LogP contribution in [0.25, 0.3) is 5.57 Å². The number of fused-ring (bicyclic) bond motifs is 1. The van der Waals surface area contributed by atoms with Crippen molar-refractivity contribution in [3.05, 3.63) is 57.9 Å². The number of carbonyl (C=O) groups is 1. The summed E-state index contributed by atoms with van der Waals surface area (Å²) in [5.41, 5.74) is 2.61. The third-order valence-corrected chi connectivity index (χ3v) is 3.70. The minimum absolute atomic E-state index is 0.0788. The van der Waals surface area contributed by atoms with Crippen molar-refractivity contribution in [3.8, 4) is 0 Å². The predicted octanol–water partition coefficient (Wildman–Crippen LogP) is 2.25. The van der Waals surface area contributed by atoms with Crippen molar-refractivity contribution >= 4 is 23.1 Å². The van der Waals surface area contributed by atoms with Gasteiger partial charge in [-0.2, -0.15) is 5.10 Å². The summed E-state index contributed by atoms with van der Waals surface area (Å²) in [6.07, 6.45) is 0.930. The lowest BCUT2D eigenvalue weighted by Gasteiger charge is -2.06. The number of carboxylic acids is 1. The number of aryl methyl sites for hydroxylation is 1. The summed E-state index contributed by atoms with van der Waals surface area (Å²) in [4.78, 5) is 11.1. The van der Waals surface area contributed by atoms with Gasteiger partial charge < -0.3 is 10.2 Å². The first-order chi connectivity index (χ1) is 9.50. The van der Waals surface area contributed by atoms with Gasteiger partial charge in [-0.3, -0.25) is 4.68 Å². The average molecular weight is 291 g/mol. The molecule has 0 spiro atoms. The third-order valence-electron chi connectivity index (χ3n) is 3.34. The highest BCUT2D eigenvalue weighted by Crippen LogP contribution is 2.40. The molecule has 5 nitrogen and oxygen atoms in total. The number of hydrogen-bond acceptors (Lipinski definition) is 3. The van der Waals surface area contributed by atoms with Crippen molar-refractivity contribution in [3.63, 3.8) is 0 Å². The van der Waals surface area contributed by atoms with Crippen LogP contribution in [0.2, 0.25) is 5.02 Å². The molecule has 1 heterocycles. The number of aliphatic hydroxyl groups excluding tert-OH is 1. The average Bonchev–Trinajstić information content (AvgIpc) is 2.88. The molecule has 0 saturated heterocycles. The van der Waals surface area contributed by atoms with Crippen molar-refractivity contribution in [2.45, 2.75) is 6.10 Å². The number of carboxylic acid groups (broad SMARTS) is 1. The summed E-state index contributed by atoms with van der Waals surface area (Å²) in [7, 11) is 1.63. The van der Waals surface area contributed by atoms with Crippen LogP contribution >= 0.6 is 11.6 Å². The van der Waals surface area contributed by atoms with Gasteiger partial charge in [0.05, 0.1) is 11.8 Å². The molecule has 1 aromatic heterocycles. The van der Waals surface area contributed by atoms with E-state index in [0.717, 1.165) is 11.1 Å². The van der Waals surface area contributed by atoms with Crippen LogP contribution in [0.1, 0.15) is 33.4 Å². The maximum Gasteiger partial charge on any atom is 0.358 e. The number of aromatic nitrogens is 2. The Morgan fingerprint density at radius 2 is 2.10 bits per heavy atom. The van der Waals surface area contributed by atoms with Crippen molar-refractivity contribution in [1.29, 1.82) is 0 Å². The van der Waals surface area contributed by atoms with E-state index in [0.29, 0.717) is 11.3 Å². The van der Waals surface area contributed by atoms with Crippen molar-refractivity contribution < 1.29 is 15.0 Å². The van der Waals surface area contributed by atoms with Gasteiger partial charge in [0.15, 0.2) is 5.69 Å². The molecule has 1 unspecified atom stereocenters. The normalized spacial score (nSPS) is 16.9. The van der Waals surface area contributed by atoms with Crippen LogP contribution in [0.15, 0.2) is 30.3 Å². The second kappa shape index (κ2) is 4.47. The van der Waals surface area contributed by atoms with Gasteiger partial charge in [0, 0.05) is 12.6 Å². The zero-order valence-corrected chi connectivity index (χ0v) is 11.3. The largest absolute Gasteiger partial charge is 0.476 e. The molecule has 2 aromatic rings. The minimum atomic E-state index is -1.18. The van der Waals surface area contributed by atoms with E-state index in [1.165, 1.54) is 4.68 Å². The number of hydrogen-bond donors (Lipinski definition) is 2. The van der Waals surface area contributed by atoms with Crippen LogP contribution in [0.3, 0.4) is 0 Å². The number of aliphatic hydroxyl groups is 1. The Morgan fingerprint density at radius 1 is 1.40 bits per heavy atom. The fourth-order valence-electron chi connectivity index (χ4n) is 2.47. The van der Waals surface area contributed by atoms with Crippen molar-refractivity contribution in [2.75, 3.05) is 0 Å². The van der Waals surface area contributed by atoms with Gasteiger partial charge in [-0.1, -0.05) is 35.9 Å². The summed E-state index contributed by atoms with van der Waals surface area (Å²) < 4.78 is 1.42. The topological polar surface area (TPSA) is 75.4 Å². The van der Waals surface area contributed by atoms with Crippen LogP contribution in [0.4, 0.5) is 0 Å². The quantitative estimate of drug-likeness (QED) is 0.889. The van der Waals surface area contributed by atoms with Crippen molar-refractivity contribution in [1.82, 2.24) is 9.78 Å². The maximum absolute atomic E-state index is 11.1. The number of nitrogens with zero attached hydrogens (tertiary/aromatic N) is 2. The summed E-state index contributed by atoms with van der Waals surface area (Å²) in [6.45, 7) is 0. The molecule has 0 aliphatic heterocycles. The lowest BCUT2D eigenvalue weighted by atomic mass is 10.0. The van der Waals surface area contributed by atoms with Crippen LogP contribution in [0.5, 0.6) is 0 Å². The van der Waals surface area contributed by atoms with E-state index in [9.17, 15) is 9.90 Å². The molecule has 0 bridgehead atoms. The van der Waals surface area contributed by atoms with Crippen LogP contribution in [-0.2, 0) is 7.05 Å². The van der Waals surface area contributed by atoms with Gasteiger partial charge in [-0.15, -0.1) is 0 Å². The SMILES string of the molecule is Cn1nc(C(=O)O)c(Cl)c1C1=CC(O)c2ccccc21. The Kier molecular flexibility index (Phi) is 2.88. The highest BCUT2D eigenvalue weighted by molar-refractivity contribution is 6.35. The number of halogens is 1. The maximum atomic E-state index is 11.1. The molecular formula is C14H11ClN2O3. The van der Waals surface area contributed by atoms with E-state index in [-0.39, 0.29) is 10.7 Å². The number of rotatable bonds is 2. The first-order valence-corrected chi connectivity index (χ1v) is 6.34. The van der Waals surface area contributed by atoms with E-state index in [1.54, 1.807) is 13.1 Å². The number of aromatic carboxylic acids is 1. The Labute approximate surface area is 119 Å². The fraction of sp³-hybridized carbons (Fsp3) is 0.143. The first-order valence-electron chi connectivity index (χ1n) is 5.96. The second-order valence-electron chi connectivity index (χ2n) is 4.55. The van der Waals surface area contributed by atoms with Gasteiger partial charge in [0.1, 0.15) is 5.02 Å². The van der Waals surface area contributed by atoms with Gasteiger partial charge in [0.25, 0.3) is 0 Å². The zero-order chi connectivity index (χ0) is 14.4. The Balaban J connectivity index is 2.21. The van der Waals surface area contributed by atoms with Crippen LogP contribution < -0.4 is 0 Å². The molecule has 6 heteroatoms. The molecule has 0 saturated carbocycles. The Hall–Kier alpha value is -2.11. The summed E-state index contributed by atoms with van der Waals surface area (Å²) in [6, 6.07) is 7.38. The number of benzene rings is 1. The summed E-state index contributed by atoms with van der Waals surface area (Å²) >= 11 is 6.13. The molecule has 1 aliphatic carbocycles. The molecule has 0 radical (unpaired) electrons. The standard InChI is InChI=1S/C14H11ClN2O3/c1-17-13(11(15)12(16-17)14(19)20)9-6-10(18)8-5-3-2-4-7(8)9/h2-6,10,18H,1H3,(H,19,20). The van der Waals surface area contributed by atoms with Gasteiger partial charge in [-0.05, 0) is 17.2 Å². The van der Waals surface area contributed by atoms with E-state index >= 15 is 0 Å². The van der Waals surface area contributed by atoms with Gasteiger partial charge >= 0.3 is 5.97 Å². The summed E-state index contributed by atoms with van der Waals surface area (Å²) in [5.74, 6) is -1.18. The van der Waals surface area contributed by atoms with E-state index in [1.807, 2.05) is 24.3 Å². The summed E-state index contributed by atoms with van der Waals surface area (Å²) in [5, 5.41) is 23.1. The molecule has 3 rings (SSSR count). The Morgan fingerprint density at radius 3 is 2.75 bits per heavy atom. The van der Waals surface area contributed by atoms with Crippen molar-refractivity contribution in [2.24, 2.45) is 7.05 Å². The smallest absolute Gasteiger partial charge is 0.358 e. The molecular weight excluding hydrogens is 280 g/mol. The monoisotopic (exact) mass is 290 g/mol. The minimum Gasteiger partial charge on any atom is -0.476 e. The van der Waals surface area contributed by atoms with E-state index < -0.39 is 12.1 Å². The van der Waals surface area contributed by atoms with Crippen LogP contribution in [0, 0.1) is 0 Å². The predicted molar refractivity (Wildman–Crippen MR) is 73.7 cm³/mol. The molecule has 2 N–H and O–H groups in total. The Bertz CT molecular complexity index is 749. The highest BCUT2D eigenvalue weighted by Gasteiger charge is 2.28. The highest BCUT2D eigenvalue weighted by atomic mass is 35.5. The second-order valence-corrected chi connectivity index (χ2v) is 4.93. The molecule has 1 atom stereocenters. The first kappa shape index (κ1) is 12.9. The van der Waals surface area contributed by atoms with Gasteiger partial charge in [0.2, 0.25) is 0 Å². The lowest BCUT2D eigenvalue weighted by molar-refractivity contribution is 0.0690. The molecule has 0 fully saturated rings. The third kappa shape index (κ3) is 1.75. The molecule has 0 amide bonds. The van der Waals surface area contributed by atoms with E-state index in [2.05, 4.69) is 5.10 Å². The zero-order valence-electron chi connectivity index (χ0n) is 10.5.